The number of aromatic nitrogens is 3. The lowest BCUT2D eigenvalue weighted by Gasteiger charge is -2.27. The number of hydrogen-bond acceptors (Lipinski definition) is 5. The minimum atomic E-state index is -0.410. The molecule has 2 aliphatic rings. The molecular weight excluding hydrogens is 485 g/mol. The van der Waals surface area contributed by atoms with Gasteiger partial charge in [0.25, 0.3) is 5.91 Å². The van der Waals surface area contributed by atoms with Gasteiger partial charge in [0.15, 0.2) is 5.69 Å². The van der Waals surface area contributed by atoms with Gasteiger partial charge in [0.05, 0.1) is 15.7 Å². The average molecular weight is 503 g/mol. The molecule has 33 heavy (non-hydrogen) atoms. The fraction of sp³-hybridized carbons (Fsp3) is 0.304. The molecule has 2 fully saturated rings. The van der Waals surface area contributed by atoms with Crippen LogP contribution < -0.4 is 10.1 Å². The van der Waals surface area contributed by atoms with Gasteiger partial charge in [-0.15, -0.1) is 0 Å². The van der Waals surface area contributed by atoms with E-state index >= 15 is 0 Å². The first kappa shape index (κ1) is 22.0. The van der Waals surface area contributed by atoms with Crippen molar-refractivity contribution in [2.24, 2.45) is 5.92 Å². The zero-order valence-electron chi connectivity index (χ0n) is 17.3. The molecule has 168 valence electrons. The van der Waals surface area contributed by atoms with E-state index in [9.17, 15) is 10.1 Å². The van der Waals surface area contributed by atoms with Crippen LogP contribution in [-0.2, 0) is 0 Å². The molecule has 0 atom stereocenters. The maximum absolute atomic E-state index is 13.3. The third-order valence-corrected chi connectivity index (χ3v) is 7.09. The van der Waals surface area contributed by atoms with E-state index < -0.39 is 5.91 Å². The number of nitrogens with one attached hydrogen (secondary N) is 1. The van der Waals surface area contributed by atoms with E-state index in [1.54, 1.807) is 30.3 Å². The molecule has 0 radical (unpaired) electrons. The molecule has 3 aromatic rings. The third kappa shape index (κ3) is 4.15. The lowest BCUT2D eigenvalue weighted by atomic mass is 9.93. The lowest BCUT2D eigenvalue weighted by Crippen LogP contribution is -2.45. The Morgan fingerprint density at radius 2 is 1.94 bits per heavy atom. The standard InChI is InChI=1S/C23H18Cl3N5O2/c24-14-1-3-18(17(26)9-14)31-22(33-19-4-2-15(25)12-28-19)16(11-27)20(30-31)21(32)29-23-7-5-13(10-23)6-8-23/h1-4,9,12-13H,5-8,10H2,(H,29,32). The predicted octanol–water partition coefficient (Wildman–Crippen LogP) is 5.95. The molecule has 2 aromatic heterocycles. The first-order valence-electron chi connectivity index (χ1n) is 10.5. The molecule has 0 aliphatic heterocycles. The Bertz CT molecular complexity index is 1270. The van der Waals surface area contributed by atoms with Crippen LogP contribution in [0.25, 0.3) is 5.69 Å². The van der Waals surface area contributed by atoms with E-state index in [0.717, 1.165) is 32.1 Å². The topological polar surface area (TPSA) is 92.8 Å². The molecule has 7 nitrogen and oxygen atoms in total. The molecule has 1 amide bonds. The number of hydrogen-bond donors (Lipinski definition) is 1. The summed E-state index contributed by atoms with van der Waals surface area (Å²) in [5, 5.41) is 18.7. The summed E-state index contributed by atoms with van der Waals surface area (Å²) in [5.74, 6) is 0.449. The molecule has 2 bridgehead atoms. The summed E-state index contributed by atoms with van der Waals surface area (Å²) in [6, 6.07) is 10.1. The number of rotatable bonds is 5. The first-order chi connectivity index (χ1) is 15.9. The van der Waals surface area contributed by atoms with Crippen LogP contribution in [0.2, 0.25) is 15.1 Å². The van der Waals surface area contributed by atoms with Crippen molar-refractivity contribution in [3.63, 3.8) is 0 Å². The van der Waals surface area contributed by atoms with E-state index in [1.165, 1.54) is 10.9 Å². The van der Waals surface area contributed by atoms with Gasteiger partial charge < -0.3 is 10.1 Å². The van der Waals surface area contributed by atoms with Crippen molar-refractivity contribution in [1.29, 1.82) is 5.26 Å². The van der Waals surface area contributed by atoms with E-state index in [0.29, 0.717) is 21.7 Å². The normalized spacial score (nSPS) is 21.1. The van der Waals surface area contributed by atoms with Gasteiger partial charge in [-0.05, 0) is 62.3 Å². The number of pyridine rings is 1. The Labute approximate surface area is 205 Å². The van der Waals surface area contributed by atoms with Crippen LogP contribution >= 0.6 is 34.8 Å². The second-order valence-corrected chi connectivity index (χ2v) is 9.73. The van der Waals surface area contributed by atoms with Gasteiger partial charge in [-0.2, -0.15) is 15.0 Å². The zero-order chi connectivity index (χ0) is 23.2. The molecule has 2 saturated carbocycles. The molecule has 0 saturated heterocycles. The summed E-state index contributed by atoms with van der Waals surface area (Å²) >= 11 is 18.4. The zero-order valence-corrected chi connectivity index (χ0v) is 19.6. The second kappa shape index (κ2) is 8.53. The minimum absolute atomic E-state index is 0.0146. The van der Waals surface area contributed by atoms with Gasteiger partial charge in [-0.1, -0.05) is 34.8 Å². The van der Waals surface area contributed by atoms with Gasteiger partial charge in [0.1, 0.15) is 11.6 Å². The lowest BCUT2D eigenvalue weighted by molar-refractivity contribution is 0.0895. The molecule has 0 unspecified atom stereocenters. The van der Waals surface area contributed by atoms with Crippen molar-refractivity contribution in [2.45, 2.75) is 37.6 Å². The van der Waals surface area contributed by atoms with Crippen LogP contribution in [0.3, 0.4) is 0 Å². The van der Waals surface area contributed by atoms with Gasteiger partial charge >= 0.3 is 0 Å². The molecule has 10 heteroatoms. The fourth-order valence-corrected chi connectivity index (χ4v) is 5.36. The molecule has 0 spiro atoms. The maximum atomic E-state index is 13.3. The Balaban J connectivity index is 1.59. The third-order valence-electron chi connectivity index (χ3n) is 6.33. The number of nitrogens with zero attached hydrogens (tertiary/aromatic N) is 4. The van der Waals surface area contributed by atoms with Crippen molar-refractivity contribution in [3.05, 3.63) is 62.9 Å². The van der Waals surface area contributed by atoms with Crippen LogP contribution in [0.15, 0.2) is 36.5 Å². The monoisotopic (exact) mass is 501 g/mol. The van der Waals surface area contributed by atoms with Gasteiger partial charge in [-0.3, -0.25) is 4.79 Å². The number of carbonyl (C=O) groups excluding carboxylic acids is 1. The van der Waals surface area contributed by atoms with E-state index in [2.05, 4.69) is 21.5 Å². The molecule has 5 rings (SSSR count). The number of ether oxygens (including phenoxy) is 1. The largest absolute Gasteiger partial charge is 0.419 e. The summed E-state index contributed by atoms with van der Waals surface area (Å²) in [7, 11) is 0. The Hall–Kier alpha value is -2.79. The molecule has 1 N–H and O–H groups in total. The van der Waals surface area contributed by atoms with Crippen LogP contribution in [0.1, 0.15) is 48.2 Å². The highest BCUT2D eigenvalue weighted by atomic mass is 35.5. The smallest absolute Gasteiger partial charge is 0.273 e. The maximum Gasteiger partial charge on any atom is 0.273 e. The summed E-state index contributed by atoms with van der Waals surface area (Å²) in [6.07, 6.45) is 6.47. The number of halogens is 3. The molecule has 2 heterocycles. The number of carbonyl (C=O) groups is 1. The van der Waals surface area contributed by atoms with Crippen LogP contribution in [0, 0.1) is 17.2 Å². The number of nitriles is 1. The SMILES string of the molecule is N#Cc1c(C(=O)NC23CCC(CC2)C3)nn(-c2ccc(Cl)cc2Cl)c1Oc1ccc(Cl)cn1. The van der Waals surface area contributed by atoms with E-state index in [4.69, 9.17) is 39.5 Å². The summed E-state index contributed by atoms with van der Waals surface area (Å²) in [4.78, 5) is 17.4. The highest BCUT2D eigenvalue weighted by molar-refractivity contribution is 6.35. The van der Waals surface area contributed by atoms with Crippen LogP contribution in [0.5, 0.6) is 11.8 Å². The van der Waals surface area contributed by atoms with E-state index in [1.807, 2.05) is 0 Å². The van der Waals surface area contributed by atoms with Crippen molar-refractivity contribution < 1.29 is 9.53 Å². The first-order valence-corrected chi connectivity index (χ1v) is 11.6. The van der Waals surface area contributed by atoms with Gasteiger partial charge in [0, 0.05) is 22.8 Å². The second-order valence-electron chi connectivity index (χ2n) is 8.45. The highest BCUT2D eigenvalue weighted by Crippen LogP contribution is 2.47. The summed E-state index contributed by atoms with van der Waals surface area (Å²) < 4.78 is 7.25. The quantitative estimate of drug-likeness (QED) is 0.465. The van der Waals surface area contributed by atoms with Gasteiger partial charge in [0.2, 0.25) is 11.8 Å². The molecule has 2 aliphatic carbocycles. The van der Waals surface area contributed by atoms with Crippen molar-refractivity contribution >= 4 is 40.7 Å². The van der Waals surface area contributed by atoms with Crippen LogP contribution in [0.4, 0.5) is 0 Å². The minimum Gasteiger partial charge on any atom is -0.419 e. The Kier molecular flexibility index (Phi) is 5.69. The van der Waals surface area contributed by atoms with Crippen molar-refractivity contribution in [2.75, 3.05) is 0 Å². The predicted molar refractivity (Wildman–Crippen MR) is 124 cm³/mol. The van der Waals surface area contributed by atoms with Crippen molar-refractivity contribution in [3.8, 4) is 23.5 Å². The highest BCUT2D eigenvalue weighted by Gasteiger charge is 2.46. The van der Waals surface area contributed by atoms with E-state index in [-0.39, 0.29) is 33.6 Å². The van der Waals surface area contributed by atoms with Gasteiger partial charge in [-0.25, -0.2) is 4.98 Å². The summed E-state index contributed by atoms with van der Waals surface area (Å²) in [5.41, 5.74) is 0.131. The van der Waals surface area contributed by atoms with Crippen molar-refractivity contribution in [1.82, 2.24) is 20.1 Å². The Morgan fingerprint density at radius 3 is 2.55 bits per heavy atom. The number of amides is 1. The van der Waals surface area contributed by atoms with Crippen LogP contribution in [-0.4, -0.2) is 26.2 Å². The number of benzene rings is 1. The fourth-order valence-electron chi connectivity index (χ4n) is 4.76. The Morgan fingerprint density at radius 1 is 1.18 bits per heavy atom. The molecule has 1 aromatic carbocycles. The summed E-state index contributed by atoms with van der Waals surface area (Å²) in [6.45, 7) is 0. The molecular formula is C23H18Cl3N5O2. The average Bonchev–Trinajstić information content (AvgIpc) is 3.48. The number of fused-ring (bicyclic) bond motifs is 2.